The molecule has 38 N–H and O–H groups in total. The Morgan fingerprint density at radius 3 is 1.03 bits per heavy atom. The van der Waals surface area contributed by atoms with Gasteiger partial charge in [0.1, 0.15) is 79.0 Å². The SMILES string of the molecule is CSCC[C@H](NC(=O)[C@H](CCCNC(=N)N)NC(=O)[C@H](Cc1c[nH]c2ccccc12)NC(=O)[C@H](CCC(N)=O)NC(=O)[C@H](Cc1c[nH]c2ccccc12)NC(=O)[C@H](CCCNC(=N)N)NC(=O)[C@H](CCCNC(=N)N)NC(=O)[C@H](CS)NC(=O)[C@H](CCCCN)NC(=O)[C@@H](N)Cc1ccccc1)C(=O)N[C@@H](CCCCN)C(=O)N[C@@H](CCCCN)C(=O)N[C@@H](CC(C)C)C(=O)NCC(=O)O. The second kappa shape index (κ2) is 61.1. The number of unbranched alkanes of at least 4 members (excludes halogenated alkanes) is 3. The van der Waals surface area contributed by atoms with Gasteiger partial charge in [-0.2, -0.15) is 24.4 Å². The van der Waals surface area contributed by atoms with Gasteiger partial charge in [-0.05, 0) is 188 Å². The summed E-state index contributed by atoms with van der Waals surface area (Å²) in [7, 11) is 0. The van der Waals surface area contributed by atoms with Crippen molar-refractivity contribution in [3.05, 3.63) is 108 Å². The van der Waals surface area contributed by atoms with Crippen LogP contribution in [0.5, 0.6) is 0 Å². The molecule has 744 valence electrons. The lowest BCUT2D eigenvalue weighted by Crippen LogP contribution is -2.61. The number of aliphatic carboxylic acids is 1. The van der Waals surface area contributed by atoms with Crippen LogP contribution in [0.15, 0.2) is 91.3 Å². The van der Waals surface area contributed by atoms with E-state index >= 15 is 28.8 Å². The first-order valence-electron chi connectivity index (χ1n) is 45.3. The number of fused-ring (bicyclic) bond motifs is 2. The summed E-state index contributed by atoms with van der Waals surface area (Å²) in [6.45, 7) is 3.52. The monoisotopic (exact) mass is 1920 g/mol. The van der Waals surface area contributed by atoms with E-state index in [1.54, 1.807) is 111 Å². The number of carbonyl (C=O) groups excluding carboxylic acids is 14. The average molecular weight is 1920 g/mol. The Labute approximate surface area is 793 Å². The summed E-state index contributed by atoms with van der Waals surface area (Å²) in [5.74, 6) is -15.4. The third-order valence-electron chi connectivity index (χ3n) is 21.8. The van der Waals surface area contributed by atoms with Crippen LogP contribution in [0.2, 0.25) is 0 Å². The van der Waals surface area contributed by atoms with Crippen molar-refractivity contribution in [3.63, 3.8) is 0 Å². The highest BCUT2D eigenvalue weighted by molar-refractivity contribution is 7.98. The Morgan fingerprint density at radius 2 is 0.689 bits per heavy atom. The van der Waals surface area contributed by atoms with E-state index in [1.165, 1.54) is 11.8 Å². The van der Waals surface area contributed by atoms with Crippen molar-refractivity contribution in [2.75, 3.05) is 63.6 Å². The molecule has 0 saturated carbocycles. The van der Waals surface area contributed by atoms with E-state index in [0.717, 1.165) is 5.56 Å². The molecule has 0 saturated heterocycles. The van der Waals surface area contributed by atoms with Crippen LogP contribution in [0.25, 0.3) is 21.8 Å². The van der Waals surface area contributed by atoms with Gasteiger partial charge in [0, 0.05) is 78.8 Å². The number of rotatable bonds is 66. The minimum atomic E-state index is -1.78. The molecule has 0 spiro atoms. The van der Waals surface area contributed by atoms with E-state index in [9.17, 15) is 48.3 Å². The van der Waals surface area contributed by atoms with Crippen LogP contribution in [0, 0.1) is 22.1 Å². The highest BCUT2D eigenvalue weighted by Crippen LogP contribution is 2.23. The number of aromatic nitrogens is 2. The molecule has 47 heteroatoms. The number of benzene rings is 3. The maximum atomic E-state index is 15.6. The second-order valence-corrected chi connectivity index (χ2v) is 34.5. The summed E-state index contributed by atoms with van der Waals surface area (Å²) in [6, 6.07) is 4.01. The van der Waals surface area contributed by atoms with Crippen LogP contribution in [0.4, 0.5) is 0 Å². The summed E-state index contributed by atoms with van der Waals surface area (Å²) in [6.07, 6.45) is 5.21. The lowest BCUT2D eigenvalue weighted by atomic mass is 10.0. The van der Waals surface area contributed by atoms with Gasteiger partial charge < -0.3 is 146 Å². The number of primary amides is 1. The van der Waals surface area contributed by atoms with Gasteiger partial charge in [0.15, 0.2) is 17.9 Å². The molecule has 13 atom stereocenters. The number of guanidine groups is 3. The largest absolute Gasteiger partial charge is 0.480 e. The maximum absolute atomic E-state index is 15.6. The predicted octanol–water partition coefficient (Wildman–Crippen LogP) is -3.81. The molecule has 5 rings (SSSR count). The molecule has 2 aromatic heterocycles. The summed E-state index contributed by atoms with van der Waals surface area (Å²) in [5.41, 5.74) is 49.4. The number of aromatic amines is 2. The topological polar surface area (TPSA) is 780 Å². The van der Waals surface area contributed by atoms with Crippen molar-refractivity contribution in [2.45, 2.75) is 234 Å². The average Bonchev–Trinajstić information content (AvgIpc) is 1.69. The number of hydrogen-bond donors (Lipinski definition) is 31. The summed E-state index contributed by atoms with van der Waals surface area (Å²) in [5, 5.41) is 76.7. The van der Waals surface area contributed by atoms with Gasteiger partial charge >= 0.3 is 5.97 Å². The third-order valence-corrected chi connectivity index (χ3v) is 22.8. The van der Waals surface area contributed by atoms with Gasteiger partial charge in [0.25, 0.3) is 0 Å². The molecule has 3 aromatic carbocycles. The first kappa shape index (κ1) is 113. The quantitative estimate of drug-likeness (QED) is 0.00768. The number of nitrogens with one attached hydrogen (secondary N) is 21. The van der Waals surface area contributed by atoms with E-state index in [1.807, 2.05) is 0 Å². The lowest BCUT2D eigenvalue weighted by Gasteiger charge is -2.29. The molecular formula is C88H139N29O16S2. The Kier molecular flexibility index (Phi) is 51.0. The zero-order chi connectivity index (χ0) is 99.5. The molecule has 0 aliphatic carbocycles. The van der Waals surface area contributed by atoms with Crippen molar-refractivity contribution < 1.29 is 77.0 Å². The number of H-pyrrole nitrogens is 2. The molecule has 2 heterocycles. The predicted molar refractivity (Wildman–Crippen MR) is 517 cm³/mol. The minimum absolute atomic E-state index is 0.00860. The van der Waals surface area contributed by atoms with Crippen LogP contribution >= 0.6 is 24.4 Å². The third kappa shape index (κ3) is 41.7. The highest BCUT2D eigenvalue weighted by atomic mass is 32.2. The Morgan fingerprint density at radius 1 is 0.378 bits per heavy atom. The molecule has 0 unspecified atom stereocenters. The number of carboxylic acid groups (broad SMARTS) is 1. The summed E-state index contributed by atoms with van der Waals surface area (Å²) >= 11 is 5.70. The Balaban J connectivity index is 1.53. The number of nitrogens with two attached hydrogens (primary N) is 8. The van der Waals surface area contributed by atoms with Gasteiger partial charge in [-0.25, -0.2) is 0 Å². The van der Waals surface area contributed by atoms with Gasteiger partial charge in [0.2, 0.25) is 82.7 Å². The zero-order valence-corrected chi connectivity index (χ0v) is 78.4. The molecule has 5 aromatic rings. The molecule has 0 bridgehead atoms. The molecule has 0 aliphatic rings. The van der Waals surface area contributed by atoms with Crippen molar-refractivity contribution in [3.8, 4) is 0 Å². The first-order chi connectivity index (χ1) is 64.5. The number of thiol groups is 1. The van der Waals surface area contributed by atoms with Gasteiger partial charge in [-0.15, -0.1) is 0 Å². The number of carbonyl (C=O) groups is 15. The fourth-order valence-electron chi connectivity index (χ4n) is 14.6. The van der Waals surface area contributed by atoms with Crippen LogP contribution < -0.4 is 131 Å². The smallest absolute Gasteiger partial charge is 0.322 e. The van der Waals surface area contributed by atoms with Crippen molar-refractivity contribution in [1.29, 1.82) is 16.2 Å². The number of thioether (sulfide) groups is 1. The van der Waals surface area contributed by atoms with E-state index in [2.05, 4.69) is 108 Å². The maximum Gasteiger partial charge on any atom is 0.322 e. The first-order valence-corrected chi connectivity index (χ1v) is 47.3. The van der Waals surface area contributed by atoms with Crippen LogP contribution in [-0.4, -0.2) is 264 Å². The Hall–Kier alpha value is -12.9. The molecule has 135 heavy (non-hydrogen) atoms. The van der Waals surface area contributed by atoms with E-state index < -0.39 is 204 Å². The van der Waals surface area contributed by atoms with E-state index in [0.29, 0.717) is 65.0 Å². The molecule has 45 nitrogen and oxygen atoms in total. The van der Waals surface area contributed by atoms with Crippen LogP contribution in [0.3, 0.4) is 0 Å². The van der Waals surface area contributed by atoms with Crippen molar-refractivity contribution in [2.24, 2.45) is 51.8 Å². The normalized spacial score (nSPS) is 14.1. The molecular weight excluding hydrogens is 1780 g/mol. The lowest BCUT2D eigenvalue weighted by molar-refractivity contribution is -0.138. The standard InChI is InChI=1S/C88H139N29O16S2/c1-50(2)42-67(74(122)105-48-72(119)120)114-78(126)61(28-13-16-37-91)107-75(123)60(27-12-15-36-90)108-82(130)66(34-41-135-3)113-77(125)62(29-17-38-100-86(94)95)110-83(131)68(44-52-46-103-57-24-9-7-22-54(52)57)116-81(129)65(32-33-71(93)118)112-84(132)69(45-53-47-104-58-25-10-8-23-55(53)58)115-79(127)64(31-19-40-102-88(98)99)109-76(124)63(30-18-39-101-87(96)97)111-85(133)70(49-134)117-80(128)59(26-11-14-35-89)106-73(121)56(92)43-51-20-5-4-6-21-51/h4-10,20-25,46-47,50,56,59-70,103-104,134H,11-19,26-45,48-49,89-92H2,1-3H3,(H2,93,118)(H,105,122)(H,106,121)(H,107,123)(H,108,130)(H,109,124)(H,110,131)(H,111,133)(H,112,132)(H,113,125)(H,114,126)(H,115,127)(H,116,129)(H,117,128)(H,119,120)(H4,94,95,100)(H4,96,97,101)(H4,98,99,102)/t56-,59-,60-,61-,62-,63-,64-,65-,66-,67-,68-,69-,70-/m0/s1. The number of hydrogen-bond acceptors (Lipinski definition) is 24. The molecule has 0 radical (unpaired) electrons. The van der Waals surface area contributed by atoms with Gasteiger partial charge in [0.05, 0.1) is 6.04 Å². The summed E-state index contributed by atoms with van der Waals surface area (Å²) in [4.78, 5) is 222. The molecule has 14 amide bonds. The van der Waals surface area contributed by atoms with E-state index in [4.69, 9.17) is 62.1 Å². The summed E-state index contributed by atoms with van der Waals surface area (Å²) < 4.78 is 0. The van der Waals surface area contributed by atoms with Crippen molar-refractivity contribution in [1.82, 2.24) is 95.0 Å². The van der Waals surface area contributed by atoms with Crippen molar-refractivity contribution >= 4 is 153 Å². The zero-order valence-electron chi connectivity index (χ0n) is 76.7. The fourth-order valence-corrected chi connectivity index (χ4v) is 15.3. The van der Waals surface area contributed by atoms with Gasteiger partial charge in [-0.3, -0.25) is 88.1 Å². The van der Waals surface area contributed by atoms with Crippen LogP contribution in [0.1, 0.15) is 153 Å². The minimum Gasteiger partial charge on any atom is -0.480 e. The number of carboxylic acids is 1. The second-order valence-electron chi connectivity index (χ2n) is 33.2. The van der Waals surface area contributed by atoms with E-state index in [-0.39, 0.29) is 153 Å². The number of para-hydroxylation sites is 2. The fraction of sp³-hybridized carbons (Fsp3) is 0.545. The molecule has 0 fully saturated rings. The number of amides is 14. The molecule has 0 aliphatic heterocycles. The highest BCUT2D eigenvalue weighted by Gasteiger charge is 2.39. The van der Waals surface area contributed by atoms with Gasteiger partial charge in [-0.1, -0.05) is 80.6 Å². The van der Waals surface area contributed by atoms with Crippen LogP contribution in [-0.2, 0) is 91.2 Å². The Bertz CT molecular complexity index is 4740.